The summed E-state index contributed by atoms with van der Waals surface area (Å²) in [5.74, 6) is 0.0892. The summed E-state index contributed by atoms with van der Waals surface area (Å²) in [5, 5.41) is 35.2. The fraction of sp³-hybridized carbons (Fsp3) is 0.207. The topological polar surface area (TPSA) is 99.0 Å². The summed E-state index contributed by atoms with van der Waals surface area (Å²) < 4.78 is 5.52. The van der Waals surface area contributed by atoms with Crippen molar-refractivity contribution in [2.45, 2.75) is 24.5 Å². The lowest BCUT2D eigenvalue weighted by Gasteiger charge is -2.20. The largest absolute Gasteiger partial charge is 0.507 e. The molecule has 0 aliphatic heterocycles. The van der Waals surface area contributed by atoms with Crippen LogP contribution in [0.5, 0.6) is 5.75 Å². The molecule has 4 N–H and O–H groups in total. The normalized spacial score (nSPS) is 14.2. The maximum absolute atomic E-state index is 12.4. The number of alkyl carbamates (subject to hydrolysis) is 1. The van der Waals surface area contributed by atoms with E-state index >= 15 is 0 Å². The molecule has 0 saturated heterocycles. The molecule has 0 heterocycles. The minimum absolute atomic E-state index is 0.0247. The fourth-order valence-electron chi connectivity index (χ4n) is 4.90. The van der Waals surface area contributed by atoms with Crippen molar-refractivity contribution in [3.63, 3.8) is 0 Å². The molecule has 0 radical (unpaired) electrons. The van der Waals surface area contributed by atoms with E-state index in [0.717, 1.165) is 22.3 Å². The van der Waals surface area contributed by atoms with Crippen molar-refractivity contribution in [1.29, 1.82) is 0 Å². The number of aromatic hydroxyl groups is 1. The van der Waals surface area contributed by atoms with E-state index in [4.69, 9.17) is 4.74 Å². The highest BCUT2D eigenvalue weighted by atomic mass is 16.5. The Hall–Kier alpha value is -3.87. The minimum atomic E-state index is -1.16. The number of aliphatic hydroxyl groups is 2. The standard InChI is InChI=1S/C29H27NO5/c31-26-14-13-24(22-11-5-6-12-23(22)26)28(33)27(32)15-16-30-29(34)35-17-25-20-9-3-1-7-18(20)19-8-2-4-10-21(19)25/h1-14,25,27-28,31-33H,15-17H2,(H,30,34). The van der Waals surface area contributed by atoms with Crippen molar-refractivity contribution in [3.05, 3.63) is 102 Å². The number of fused-ring (bicyclic) bond motifs is 4. The first-order valence-electron chi connectivity index (χ1n) is 11.7. The van der Waals surface area contributed by atoms with Gasteiger partial charge in [-0.1, -0.05) is 78.9 Å². The quantitative estimate of drug-likeness (QED) is 0.310. The molecule has 6 nitrogen and oxygen atoms in total. The summed E-state index contributed by atoms with van der Waals surface area (Å²) >= 11 is 0. The zero-order valence-electron chi connectivity index (χ0n) is 19.1. The van der Waals surface area contributed by atoms with E-state index in [2.05, 4.69) is 29.6 Å². The van der Waals surface area contributed by atoms with Crippen LogP contribution in [0.4, 0.5) is 4.79 Å². The number of hydrogen-bond acceptors (Lipinski definition) is 5. The third-order valence-corrected chi connectivity index (χ3v) is 6.67. The van der Waals surface area contributed by atoms with Gasteiger partial charge in [0.05, 0.1) is 6.10 Å². The lowest BCUT2D eigenvalue weighted by Crippen LogP contribution is -2.30. The molecular weight excluding hydrogens is 442 g/mol. The maximum atomic E-state index is 12.4. The van der Waals surface area contributed by atoms with Gasteiger partial charge in [0.15, 0.2) is 0 Å². The molecule has 0 fully saturated rings. The highest BCUT2D eigenvalue weighted by Gasteiger charge is 2.29. The Bertz CT molecular complexity index is 1320. The SMILES string of the molecule is O=C(NCCC(O)C(O)c1ccc(O)c2ccccc12)OCC1c2ccccc2-c2ccccc21. The molecule has 1 aliphatic carbocycles. The lowest BCUT2D eigenvalue weighted by atomic mass is 9.95. The first-order chi connectivity index (χ1) is 17.0. The van der Waals surface area contributed by atoms with Gasteiger partial charge in [0, 0.05) is 17.8 Å². The Labute approximate surface area is 203 Å². The molecule has 0 aromatic heterocycles. The van der Waals surface area contributed by atoms with Gasteiger partial charge < -0.3 is 25.4 Å². The second-order valence-corrected chi connectivity index (χ2v) is 8.77. The average Bonchev–Trinajstić information content (AvgIpc) is 3.21. The molecule has 35 heavy (non-hydrogen) atoms. The van der Waals surface area contributed by atoms with Crippen molar-refractivity contribution >= 4 is 16.9 Å². The molecule has 1 aliphatic rings. The van der Waals surface area contributed by atoms with Crippen molar-refractivity contribution in [3.8, 4) is 16.9 Å². The summed E-state index contributed by atoms with van der Waals surface area (Å²) in [6, 6.07) is 26.5. The van der Waals surface area contributed by atoms with Gasteiger partial charge in [-0.15, -0.1) is 0 Å². The van der Waals surface area contributed by atoms with Gasteiger partial charge in [-0.05, 0) is 45.7 Å². The number of carbonyl (C=O) groups is 1. The van der Waals surface area contributed by atoms with E-state index in [1.165, 1.54) is 6.07 Å². The number of benzene rings is 4. The van der Waals surface area contributed by atoms with Crippen molar-refractivity contribution < 1.29 is 24.9 Å². The van der Waals surface area contributed by atoms with E-state index in [1.807, 2.05) is 30.3 Å². The number of phenolic OH excluding ortho intramolecular Hbond substituents is 1. The van der Waals surface area contributed by atoms with Gasteiger partial charge in [-0.3, -0.25) is 0 Å². The molecule has 1 amide bonds. The summed E-state index contributed by atoms with van der Waals surface area (Å²) in [6.07, 6.45) is -2.69. The Morgan fingerprint density at radius 2 is 1.43 bits per heavy atom. The molecule has 0 saturated carbocycles. The monoisotopic (exact) mass is 469 g/mol. The number of rotatable bonds is 7. The van der Waals surface area contributed by atoms with Gasteiger partial charge >= 0.3 is 6.09 Å². The Morgan fingerprint density at radius 3 is 2.11 bits per heavy atom. The molecule has 2 atom stereocenters. The third kappa shape index (κ3) is 4.46. The Morgan fingerprint density at radius 1 is 0.829 bits per heavy atom. The average molecular weight is 470 g/mol. The van der Waals surface area contributed by atoms with Gasteiger partial charge in [-0.25, -0.2) is 4.79 Å². The van der Waals surface area contributed by atoms with Crippen LogP contribution < -0.4 is 5.32 Å². The first kappa shape index (κ1) is 22.9. The molecule has 4 aromatic rings. The Kier molecular flexibility index (Phi) is 6.40. The number of aliphatic hydroxyl groups excluding tert-OH is 2. The van der Waals surface area contributed by atoms with Crippen LogP contribution >= 0.6 is 0 Å². The van der Waals surface area contributed by atoms with Crippen LogP contribution in [0.1, 0.15) is 35.1 Å². The lowest BCUT2D eigenvalue weighted by molar-refractivity contribution is 0.0145. The predicted octanol–water partition coefficient (Wildman–Crippen LogP) is 4.87. The third-order valence-electron chi connectivity index (χ3n) is 6.67. The van der Waals surface area contributed by atoms with Crippen molar-refractivity contribution in [1.82, 2.24) is 5.32 Å². The zero-order valence-corrected chi connectivity index (χ0v) is 19.1. The molecule has 2 unspecified atom stereocenters. The first-order valence-corrected chi connectivity index (χ1v) is 11.7. The van der Waals surface area contributed by atoms with Crippen LogP contribution in [0.15, 0.2) is 84.9 Å². The number of ether oxygens (including phenoxy) is 1. The minimum Gasteiger partial charge on any atom is -0.507 e. The summed E-state index contributed by atoms with van der Waals surface area (Å²) in [6.45, 7) is 0.357. The van der Waals surface area contributed by atoms with E-state index in [0.29, 0.717) is 16.3 Å². The Balaban J connectivity index is 1.16. The number of amides is 1. The molecule has 0 bridgehead atoms. The highest BCUT2D eigenvalue weighted by molar-refractivity contribution is 5.91. The van der Waals surface area contributed by atoms with E-state index in [9.17, 15) is 20.1 Å². The van der Waals surface area contributed by atoms with Gasteiger partial charge in [0.2, 0.25) is 0 Å². The van der Waals surface area contributed by atoms with Crippen LogP contribution in [0.3, 0.4) is 0 Å². The van der Waals surface area contributed by atoms with E-state index in [-0.39, 0.29) is 31.2 Å². The van der Waals surface area contributed by atoms with Crippen LogP contribution in [0.2, 0.25) is 0 Å². The molecule has 5 rings (SSSR count). The van der Waals surface area contributed by atoms with Crippen molar-refractivity contribution in [2.75, 3.05) is 13.2 Å². The number of hydrogen-bond donors (Lipinski definition) is 4. The number of phenols is 1. The second kappa shape index (κ2) is 9.78. The van der Waals surface area contributed by atoms with Crippen molar-refractivity contribution in [2.24, 2.45) is 0 Å². The molecular formula is C29H27NO5. The molecule has 178 valence electrons. The van der Waals surface area contributed by atoms with Crippen LogP contribution in [0, 0.1) is 0 Å². The smallest absolute Gasteiger partial charge is 0.407 e. The van der Waals surface area contributed by atoms with Gasteiger partial charge in [0.25, 0.3) is 0 Å². The number of carbonyl (C=O) groups excluding carboxylic acids is 1. The molecule has 6 heteroatoms. The van der Waals surface area contributed by atoms with E-state index < -0.39 is 18.3 Å². The summed E-state index contributed by atoms with van der Waals surface area (Å²) in [5.41, 5.74) is 5.13. The molecule has 4 aromatic carbocycles. The maximum Gasteiger partial charge on any atom is 0.407 e. The predicted molar refractivity (Wildman–Crippen MR) is 134 cm³/mol. The van der Waals surface area contributed by atoms with Crippen LogP contribution in [0.25, 0.3) is 21.9 Å². The van der Waals surface area contributed by atoms with Gasteiger partial charge in [-0.2, -0.15) is 0 Å². The number of nitrogens with one attached hydrogen (secondary N) is 1. The summed E-state index contributed by atoms with van der Waals surface area (Å²) in [4.78, 5) is 12.4. The summed E-state index contributed by atoms with van der Waals surface area (Å²) in [7, 11) is 0. The fourth-order valence-corrected chi connectivity index (χ4v) is 4.90. The molecule has 0 spiro atoms. The van der Waals surface area contributed by atoms with E-state index in [1.54, 1.807) is 24.3 Å². The van der Waals surface area contributed by atoms with Crippen LogP contribution in [-0.2, 0) is 4.74 Å². The highest BCUT2D eigenvalue weighted by Crippen LogP contribution is 2.44. The van der Waals surface area contributed by atoms with Crippen LogP contribution in [-0.4, -0.2) is 40.7 Å². The van der Waals surface area contributed by atoms with Gasteiger partial charge in [0.1, 0.15) is 18.5 Å². The second-order valence-electron chi connectivity index (χ2n) is 8.77. The zero-order chi connectivity index (χ0) is 24.4.